The van der Waals surface area contributed by atoms with Crippen LogP contribution in [-0.2, 0) is 4.79 Å². The lowest BCUT2D eigenvalue weighted by Gasteiger charge is -2.22. The molecule has 0 aromatic heterocycles. The molecule has 0 saturated heterocycles. The minimum Gasteiger partial charge on any atom is -0.376 e. The first-order chi connectivity index (χ1) is 15.0. The van der Waals surface area contributed by atoms with Crippen LogP contribution in [0.5, 0.6) is 0 Å². The topological polar surface area (TPSA) is 99.3 Å². The second kappa shape index (κ2) is 11.2. The fourth-order valence-corrected chi connectivity index (χ4v) is 3.61. The van der Waals surface area contributed by atoms with Crippen molar-refractivity contribution in [3.63, 3.8) is 0 Å². The monoisotopic (exact) mass is 422 g/mol. The highest BCUT2D eigenvalue weighted by molar-refractivity contribution is 5.97. The fourth-order valence-electron chi connectivity index (χ4n) is 3.61. The SMILES string of the molecule is CCNC(=O)c1ccc(NC(=O)CNc2ccc(C(=O)NC3CCCCC3)cc2)cc1. The Bertz CT molecular complexity index is 888. The maximum Gasteiger partial charge on any atom is 0.251 e. The molecule has 2 aromatic rings. The summed E-state index contributed by atoms with van der Waals surface area (Å²) in [5.74, 6) is -0.393. The van der Waals surface area contributed by atoms with Gasteiger partial charge < -0.3 is 21.3 Å². The molecule has 1 fully saturated rings. The van der Waals surface area contributed by atoms with Gasteiger partial charge in [-0.1, -0.05) is 19.3 Å². The second-order valence-corrected chi connectivity index (χ2v) is 7.72. The van der Waals surface area contributed by atoms with Gasteiger partial charge in [-0.05, 0) is 68.3 Å². The van der Waals surface area contributed by atoms with E-state index in [0.29, 0.717) is 23.4 Å². The molecule has 3 amide bonds. The Hall–Kier alpha value is -3.35. The first kappa shape index (κ1) is 22.3. The summed E-state index contributed by atoms with van der Waals surface area (Å²) in [5.41, 5.74) is 2.55. The van der Waals surface area contributed by atoms with E-state index >= 15 is 0 Å². The van der Waals surface area contributed by atoms with Crippen LogP contribution in [0.2, 0.25) is 0 Å². The van der Waals surface area contributed by atoms with Gasteiger partial charge in [0.15, 0.2) is 0 Å². The van der Waals surface area contributed by atoms with E-state index in [0.717, 1.165) is 18.5 Å². The van der Waals surface area contributed by atoms with Gasteiger partial charge in [0.05, 0.1) is 6.54 Å². The van der Waals surface area contributed by atoms with Crippen LogP contribution in [0, 0.1) is 0 Å². The van der Waals surface area contributed by atoms with Crippen LogP contribution < -0.4 is 21.3 Å². The van der Waals surface area contributed by atoms with Crippen molar-refractivity contribution in [2.24, 2.45) is 0 Å². The number of anilines is 2. The summed E-state index contributed by atoms with van der Waals surface area (Å²) in [6, 6.07) is 14.1. The average molecular weight is 423 g/mol. The number of nitrogens with one attached hydrogen (secondary N) is 4. The number of hydrogen-bond donors (Lipinski definition) is 4. The van der Waals surface area contributed by atoms with Crippen molar-refractivity contribution in [2.75, 3.05) is 23.7 Å². The van der Waals surface area contributed by atoms with Crippen LogP contribution in [0.3, 0.4) is 0 Å². The maximum atomic E-state index is 12.4. The molecule has 0 aliphatic heterocycles. The van der Waals surface area contributed by atoms with Gasteiger partial charge >= 0.3 is 0 Å². The zero-order valence-corrected chi connectivity index (χ0v) is 17.9. The van der Waals surface area contributed by atoms with Crippen LogP contribution >= 0.6 is 0 Å². The summed E-state index contributed by atoms with van der Waals surface area (Å²) in [4.78, 5) is 36.3. The summed E-state index contributed by atoms with van der Waals surface area (Å²) >= 11 is 0. The Labute approximate surface area is 183 Å². The number of rotatable bonds is 8. The minimum atomic E-state index is -0.204. The summed E-state index contributed by atoms with van der Waals surface area (Å²) in [6.07, 6.45) is 5.70. The third-order valence-electron chi connectivity index (χ3n) is 5.31. The van der Waals surface area contributed by atoms with E-state index in [1.165, 1.54) is 19.3 Å². The standard InChI is InChI=1S/C24H30N4O3/c1-2-25-23(30)17-10-14-21(15-11-17)27-22(29)16-26-19-12-8-18(9-13-19)24(31)28-20-6-4-3-5-7-20/h8-15,20,26H,2-7,16H2,1H3,(H,25,30)(H,27,29)(H,28,31). The smallest absolute Gasteiger partial charge is 0.251 e. The third kappa shape index (κ3) is 6.84. The Morgan fingerprint density at radius 3 is 2.00 bits per heavy atom. The lowest BCUT2D eigenvalue weighted by atomic mass is 9.95. The van der Waals surface area contributed by atoms with Crippen LogP contribution in [0.25, 0.3) is 0 Å². The van der Waals surface area contributed by atoms with E-state index in [9.17, 15) is 14.4 Å². The molecule has 1 aliphatic carbocycles. The van der Waals surface area contributed by atoms with Crippen molar-refractivity contribution in [1.82, 2.24) is 10.6 Å². The molecule has 7 nitrogen and oxygen atoms in total. The molecule has 0 heterocycles. The molecule has 7 heteroatoms. The second-order valence-electron chi connectivity index (χ2n) is 7.72. The zero-order valence-electron chi connectivity index (χ0n) is 17.9. The molecular formula is C24H30N4O3. The fraction of sp³-hybridized carbons (Fsp3) is 0.375. The van der Waals surface area contributed by atoms with E-state index in [4.69, 9.17) is 0 Å². The van der Waals surface area contributed by atoms with E-state index in [2.05, 4.69) is 21.3 Å². The number of benzene rings is 2. The van der Waals surface area contributed by atoms with Gasteiger partial charge in [-0.15, -0.1) is 0 Å². The molecule has 4 N–H and O–H groups in total. The molecule has 0 unspecified atom stereocenters. The lowest BCUT2D eigenvalue weighted by molar-refractivity contribution is -0.114. The van der Waals surface area contributed by atoms with E-state index < -0.39 is 0 Å². The van der Waals surface area contributed by atoms with Crippen LogP contribution in [0.15, 0.2) is 48.5 Å². The molecule has 31 heavy (non-hydrogen) atoms. The molecule has 0 spiro atoms. The molecule has 164 valence electrons. The van der Waals surface area contributed by atoms with Crippen LogP contribution in [0.4, 0.5) is 11.4 Å². The molecule has 3 rings (SSSR count). The molecule has 1 aliphatic rings. The Balaban J connectivity index is 1.44. The highest BCUT2D eigenvalue weighted by Crippen LogP contribution is 2.18. The highest BCUT2D eigenvalue weighted by Gasteiger charge is 2.16. The van der Waals surface area contributed by atoms with Crippen molar-refractivity contribution in [3.8, 4) is 0 Å². The summed E-state index contributed by atoms with van der Waals surface area (Å²) in [6.45, 7) is 2.51. The summed E-state index contributed by atoms with van der Waals surface area (Å²) in [7, 11) is 0. The normalized spacial score (nSPS) is 13.8. The van der Waals surface area contributed by atoms with Gasteiger partial charge in [0.25, 0.3) is 11.8 Å². The van der Waals surface area contributed by atoms with Crippen molar-refractivity contribution >= 4 is 29.1 Å². The summed E-state index contributed by atoms with van der Waals surface area (Å²) in [5, 5.41) is 11.7. The van der Waals surface area contributed by atoms with E-state index in [1.54, 1.807) is 48.5 Å². The molecule has 0 radical (unpaired) electrons. The molecule has 1 saturated carbocycles. The molecule has 0 atom stereocenters. The third-order valence-corrected chi connectivity index (χ3v) is 5.31. The van der Waals surface area contributed by atoms with Crippen molar-refractivity contribution in [2.45, 2.75) is 45.1 Å². The van der Waals surface area contributed by atoms with Gasteiger partial charge in [-0.2, -0.15) is 0 Å². The summed E-state index contributed by atoms with van der Waals surface area (Å²) < 4.78 is 0. The van der Waals surface area contributed by atoms with Gasteiger partial charge in [0, 0.05) is 35.1 Å². The molecule has 0 bridgehead atoms. The van der Waals surface area contributed by atoms with Gasteiger partial charge in [-0.25, -0.2) is 0 Å². The van der Waals surface area contributed by atoms with Gasteiger partial charge in [0.1, 0.15) is 0 Å². The van der Waals surface area contributed by atoms with Gasteiger partial charge in [0.2, 0.25) is 5.91 Å². The first-order valence-electron chi connectivity index (χ1n) is 10.9. The Morgan fingerprint density at radius 2 is 1.39 bits per heavy atom. The molecular weight excluding hydrogens is 392 g/mol. The lowest BCUT2D eigenvalue weighted by Crippen LogP contribution is -2.36. The number of carbonyl (C=O) groups is 3. The maximum absolute atomic E-state index is 12.4. The first-order valence-corrected chi connectivity index (χ1v) is 10.9. The van der Waals surface area contributed by atoms with Crippen molar-refractivity contribution in [1.29, 1.82) is 0 Å². The zero-order chi connectivity index (χ0) is 22.1. The predicted octanol–water partition coefficient (Wildman–Crippen LogP) is 3.55. The Morgan fingerprint density at radius 1 is 0.806 bits per heavy atom. The predicted molar refractivity (Wildman–Crippen MR) is 122 cm³/mol. The minimum absolute atomic E-state index is 0.0488. The van der Waals surface area contributed by atoms with Crippen LogP contribution in [-0.4, -0.2) is 36.9 Å². The average Bonchev–Trinajstić information content (AvgIpc) is 2.79. The van der Waals surface area contributed by atoms with Crippen molar-refractivity contribution < 1.29 is 14.4 Å². The highest BCUT2D eigenvalue weighted by atomic mass is 16.2. The van der Waals surface area contributed by atoms with Gasteiger partial charge in [-0.3, -0.25) is 14.4 Å². The Kier molecular flexibility index (Phi) is 8.04. The number of amides is 3. The quantitative estimate of drug-likeness (QED) is 0.523. The van der Waals surface area contributed by atoms with E-state index in [-0.39, 0.29) is 30.3 Å². The number of hydrogen-bond acceptors (Lipinski definition) is 4. The number of carbonyl (C=O) groups excluding carboxylic acids is 3. The van der Waals surface area contributed by atoms with Crippen molar-refractivity contribution in [3.05, 3.63) is 59.7 Å². The molecule has 2 aromatic carbocycles. The van der Waals surface area contributed by atoms with E-state index in [1.807, 2.05) is 6.92 Å². The largest absolute Gasteiger partial charge is 0.376 e. The van der Waals surface area contributed by atoms with Crippen LogP contribution in [0.1, 0.15) is 59.7 Å².